The zero-order chi connectivity index (χ0) is 20.9. The third kappa shape index (κ3) is 4.81. The highest BCUT2D eigenvalue weighted by Gasteiger charge is 2.13. The highest BCUT2D eigenvalue weighted by atomic mass is 32.1. The molecule has 0 aliphatic carbocycles. The molecule has 0 atom stereocenters. The van der Waals surface area contributed by atoms with Crippen LogP contribution in [0.25, 0.3) is 17.3 Å². The van der Waals surface area contributed by atoms with Crippen molar-refractivity contribution in [1.82, 2.24) is 4.98 Å². The number of fused-ring (bicyclic) bond motifs is 1. The standard InChI is InChI=1S/C21H15FN2O5S/c22-15-5-3-14(4-6-15)16-11-30-21(23-16)24-19(25)10-27-20(26)8-2-13-1-7-17-18(9-13)29-12-28-17/h1-9,11H,10,12H2,(H,23,24,25). The summed E-state index contributed by atoms with van der Waals surface area (Å²) < 4.78 is 28.4. The summed E-state index contributed by atoms with van der Waals surface area (Å²) >= 11 is 1.22. The van der Waals surface area contributed by atoms with Crippen LogP contribution in [0.15, 0.2) is 53.9 Å². The Morgan fingerprint density at radius 2 is 1.97 bits per heavy atom. The van der Waals surface area contributed by atoms with Crippen LogP contribution in [-0.2, 0) is 14.3 Å². The Bertz CT molecular complexity index is 1110. The number of carbonyl (C=O) groups excluding carboxylic acids is 2. The second kappa shape index (κ2) is 8.75. The number of benzene rings is 2. The second-order valence-corrected chi connectivity index (χ2v) is 7.00. The minimum Gasteiger partial charge on any atom is -0.454 e. The molecule has 0 fully saturated rings. The van der Waals surface area contributed by atoms with Crippen molar-refractivity contribution in [3.63, 3.8) is 0 Å². The van der Waals surface area contributed by atoms with Crippen LogP contribution in [-0.4, -0.2) is 30.3 Å². The van der Waals surface area contributed by atoms with Gasteiger partial charge in [0.05, 0.1) is 5.69 Å². The molecular formula is C21H15FN2O5S. The van der Waals surface area contributed by atoms with Crippen LogP contribution in [0.5, 0.6) is 11.5 Å². The maximum Gasteiger partial charge on any atom is 0.331 e. The van der Waals surface area contributed by atoms with E-state index in [1.54, 1.807) is 41.8 Å². The van der Waals surface area contributed by atoms with Gasteiger partial charge in [-0.25, -0.2) is 14.2 Å². The molecule has 3 aromatic rings. The SMILES string of the molecule is O=C(COC(=O)C=Cc1ccc2c(c1)OCO2)Nc1nc(-c2ccc(F)cc2)cs1. The molecule has 0 saturated carbocycles. The van der Waals surface area contributed by atoms with Gasteiger partial charge in [0.2, 0.25) is 6.79 Å². The van der Waals surface area contributed by atoms with Gasteiger partial charge >= 0.3 is 5.97 Å². The molecule has 0 bridgehead atoms. The molecule has 0 radical (unpaired) electrons. The Kier molecular flexibility index (Phi) is 5.71. The Morgan fingerprint density at radius 1 is 1.17 bits per heavy atom. The molecule has 1 amide bonds. The van der Waals surface area contributed by atoms with Crippen molar-refractivity contribution in [2.75, 3.05) is 18.7 Å². The molecule has 7 nitrogen and oxygen atoms in total. The van der Waals surface area contributed by atoms with E-state index < -0.39 is 18.5 Å². The molecule has 152 valence electrons. The average Bonchev–Trinajstić information content (AvgIpc) is 3.40. The molecule has 1 aliphatic heterocycles. The van der Waals surface area contributed by atoms with Crippen molar-refractivity contribution >= 4 is 34.4 Å². The second-order valence-electron chi connectivity index (χ2n) is 6.15. The first-order chi connectivity index (χ1) is 14.6. The lowest BCUT2D eigenvalue weighted by molar-refractivity contribution is -0.142. The summed E-state index contributed by atoms with van der Waals surface area (Å²) in [6.45, 7) is -0.278. The average molecular weight is 426 g/mol. The van der Waals surface area contributed by atoms with Crippen LogP contribution in [0.3, 0.4) is 0 Å². The first kappa shape index (κ1) is 19.6. The third-order valence-electron chi connectivity index (χ3n) is 4.04. The maximum absolute atomic E-state index is 13.0. The Hall–Kier alpha value is -3.72. The van der Waals surface area contributed by atoms with Gasteiger partial charge in [0.1, 0.15) is 5.82 Å². The lowest BCUT2D eigenvalue weighted by Gasteiger charge is -2.02. The van der Waals surface area contributed by atoms with Crippen molar-refractivity contribution in [1.29, 1.82) is 0 Å². The molecule has 30 heavy (non-hydrogen) atoms. The van der Waals surface area contributed by atoms with Gasteiger partial charge in [-0.2, -0.15) is 0 Å². The molecular weight excluding hydrogens is 411 g/mol. The predicted molar refractivity (Wildman–Crippen MR) is 109 cm³/mol. The number of ether oxygens (including phenoxy) is 3. The topological polar surface area (TPSA) is 86.8 Å². The number of hydrogen-bond acceptors (Lipinski definition) is 7. The van der Waals surface area contributed by atoms with Crippen LogP contribution < -0.4 is 14.8 Å². The van der Waals surface area contributed by atoms with Crippen LogP contribution >= 0.6 is 11.3 Å². The normalized spacial score (nSPS) is 12.2. The number of carbonyl (C=O) groups is 2. The van der Waals surface area contributed by atoms with E-state index in [2.05, 4.69) is 10.3 Å². The Balaban J connectivity index is 1.26. The number of thiazole rings is 1. The molecule has 4 rings (SSSR count). The number of amides is 1. The van der Waals surface area contributed by atoms with Crippen molar-refractivity contribution < 1.29 is 28.2 Å². The molecule has 9 heteroatoms. The van der Waals surface area contributed by atoms with E-state index in [4.69, 9.17) is 14.2 Å². The number of anilines is 1. The summed E-state index contributed by atoms with van der Waals surface area (Å²) in [4.78, 5) is 28.1. The van der Waals surface area contributed by atoms with E-state index in [9.17, 15) is 14.0 Å². The van der Waals surface area contributed by atoms with Gasteiger partial charge in [0, 0.05) is 17.0 Å². The summed E-state index contributed by atoms with van der Waals surface area (Å²) in [5, 5.41) is 4.66. The largest absolute Gasteiger partial charge is 0.454 e. The van der Waals surface area contributed by atoms with Crippen LogP contribution in [0.4, 0.5) is 9.52 Å². The van der Waals surface area contributed by atoms with E-state index in [0.717, 1.165) is 11.1 Å². The van der Waals surface area contributed by atoms with Gasteiger partial charge in [-0.1, -0.05) is 6.07 Å². The van der Waals surface area contributed by atoms with E-state index in [1.807, 2.05) is 0 Å². The summed E-state index contributed by atoms with van der Waals surface area (Å²) in [5.41, 5.74) is 2.07. The smallest absolute Gasteiger partial charge is 0.331 e. The van der Waals surface area contributed by atoms with Gasteiger partial charge in [0.15, 0.2) is 23.2 Å². The molecule has 0 spiro atoms. The van der Waals surface area contributed by atoms with Gasteiger partial charge in [-0.3, -0.25) is 10.1 Å². The maximum atomic E-state index is 13.0. The quantitative estimate of drug-likeness (QED) is 0.476. The molecule has 1 N–H and O–H groups in total. The van der Waals surface area contributed by atoms with E-state index >= 15 is 0 Å². The monoisotopic (exact) mass is 426 g/mol. The Morgan fingerprint density at radius 3 is 2.80 bits per heavy atom. The molecule has 1 aliphatic rings. The molecule has 0 unspecified atom stereocenters. The zero-order valence-corrected chi connectivity index (χ0v) is 16.3. The number of halogens is 1. The highest BCUT2D eigenvalue weighted by molar-refractivity contribution is 7.14. The number of rotatable bonds is 6. The van der Waals surface area contributed by atoms with Crippen molar-refractivity contribution in [3.05, 3.63) is 65.3 Å². The highest BCUT2D eigenvalue weighted by Crippen LogP contribution is 2.32. The number of esters is 1. The summed E-state index contributed by atoms with van der Waals surface area (Å²) in [6.07, 6.45) is 2.78. The van der Waals surface area contributed by atoms with Gasteiger partial charge in [0.25, 0.3) is 5.91 Å². The summed E-state index contributed by atoms with van der Waals surface area (Å²) in [5.74, 6) is -0.254. The number of nitrogens with zero attached hydrogens (tertiary/aromatic N) is 1. The predicted octanol–water partition coefficient (Wildman–Crippen LogP) is 3.87. The van der Waals surface area contributed by atoms with E-state index in [-0.39, 0.29) is 12.6 Å². The molecule has 0 saturated heterocycles. The molecule has 1 aromatic heterocycles. The minimum absolute atomic E-state index is 0.171. The fourth-order valence-corrected chi connectivity index (χ4v) is 3.34. The van der Waals surface area contributed by atoms with Crippen LogP contribution in [0.1, 0.15) is 5.56 Å². The van der Waals surface area contributed by atoms with Crippen molar-refractivity contribution in [2.24, 2.45) is 0 Å². The third-order valence-corrected chi connectivity index (χ3v) is 4.80. The fourth-order valence-electron chi connectivity index (χ4n) is 2.61. The zero-order valence-electron chi connectivity index (χ0n) is 15.5. The summed E-state index contributed by atoms with van der Waals surface area (Å²) in [7, 11) is 0. The van der Waals surface area contributed by atoms with Crippen molar-refractivity contribution in [2.45, 2.75) is 0 Å². The number of aromatic nitrogens is 1. The van der Waals surface area contributed by atoms with E-state index in [1.165, 1.54) is 29.5 Å². The Labute approximate surface area is 174 Å². The van der Waals surface area contributed by atoms with Gasteiger partial charge in [-0.05, 0) is 48.0 Å². The van der Waals surface area contributed by atoms with Gasteiger partial charge < -0.3 is 14.2 Å². The first-order valence-electron chi connectivity index (χ1n) is 8.82. The molecule has 2 heterocycles. The number of nitrogens with one attached hydrogen (secondary N) is 1. The fraction of sp³-hybridized carbons (Fsp3) is 0.0952. The molecule has 2 aromatic carbocycles. The first-order valence-corrected chi connectivity index (χ1v) is 9.70. The lowest BCUT2D eigenvalue weighted by Crippen LogP contribution is -2.20. The number of hydrogen-bond donors (Lipinski definition) is 1. The van der Waals surface area contributed by atoms with Crippen molar-refractivity contribution in [3.8, 4) is 22.8 Å². The minimum atomic E-state index is -0.658. The van der Waals surface area contributed by atoms with Gasteiger partial charge in [-0.15, -0.1) is 11.3 Å². The lowest BCUT2D eigenvalue weighted by atomic mass is 10.2. The van der Waals surface area contributed by atoms with Crippen LogP contribution in [0, 0.1) is 5.82 Å². The summed E-state index contributed by atoms with van der Waals surface area (Å²) in [6, 6.07) is 11.1. The van der Waals surface area contributed by atoms with Crippen LogP contribution in [0.2, 0.25) is 0 Å². The van der Waals surface area contributed by atoms with E-state index in [0.29, 0.717) is 22.3 Å².